The molecule has 0 bridgehead atoms. The van der Waals surface area contributed by atoms with Gasteiger partial charge in [-0.3, -0.25) is 0 Å². The van der Waals surface area contributed by atoms with Gasteiger partial charge in [-0.15, -0.1) is 0 Å². The van der Waals surface area contributed by atoms with Gasteiger partial charge in [0.25, 0.3) is 0 Å². The van der Waals surface area contributed by atoms with Gasteiger partial charge in [0, 0.05) is 15.1 Å². The first-order valence-corrected chi connectivity index (χ1v) is 8.10. The van der Waals surface area contributed by atoms with Crippen LogP contribution < -0.4 is 10.5 Å². The van der Waals surface area contributed by atoms with Crippen LogP contribution >= 0.6 is 27.5 Å². The summed E-state index contributed by atoms with van der Waals surface area (Å²) in [6.45, 7) is 4.70. The standard InChI is InChI=1S/C17H19BrClNO/c1-3-10-21-16-7-5-4-6-14(16)17(2,20)13-9-8-12(18)11-15(13)19/h4-9,11H,3,10,20H2,1-2H3. The number of halogens is 2. The van der Waals surface area contributed by atoms with E-state index in [1.165, 1.54) is 0 Å². The Bertz CT molecular complexity index is 628. The minimum atomic E-state index is -0.720. The zero-order valence-corrected chi connectivity index (χ0v) is 14.5. The van der Waals surface area contributed by atoms with Crippen LogP contribution in [-0.4, -0.2) is 6.61 Å². The maximum Gasteiger partial charge on any atom is 0.124 e. The average Bonchev–Trinajstić information content (AvgIpc) is 2.45. The molecule has 0 spiro atoms. The summed E-state index contributed by atoms with van der Waals surface area (Å²) < 4.78 is 6.76. The fourth-order valence-electron chi connectivity index (χ4n) is 2.29. The van der Waals surface area contributed by atoms with Crippen molar-refractivity contribution in [2.45, 2.75) is 25.8 Å². The fraction of sp³-hybridized carbons (Fsp3) is 0.294. The number of benzene rings is 2. The Morgan fingerprint density at radius 1 is 1.19 bits per heavy atom. The maximum atomic E-state index is 6.60. The fourth-order valence-corrected chi connectivity index (χ4v) is 3.16. The van der Waals surface area contributed by atoms with Crippen molar-refractivity contribution >= 4 is 27.5 Å². The number of hydrogen-bond donors (Lipinski definition) is 1. The van der Waals surface area contributed by atoms with Crippen molar-refractivity contribution in [2.24, 2.45) is 5.73 Å². The predicted molar refractivity (Wildman–Crippen MR) is 92.0 cm³/mol. The minimum absolute atomic E-state index is 0.639. The Labute approximate surface area is 139 Å². The third-order valence-corrected chi connectivity index (χ3v) is 4.20. The van der Waals surface area contributed by atoms with Crippen molar-refractivity contribution < 1.29 is 4.74 Å². The molecule has 2 aromatic carbocycles. The molecule has 1 unspecified atom stereocenters. The lowest BCUT2D eigenvalue weighted by atomic mass is 9.85. The first kappa shape index (κ1) is 16.3. The highest BCUT2D eigenvalue weighted by Crippen LogP contribution is 2.37. The molecule has 0 aliphatic carbocycles. The molecule has 0 amide bonds. The van der Waals surface area contributed by atoms with Gasteiger partial charge in [-0.2, -0.15) is 0 Å². The van der Waals surface area contributed by atoms with E-state index in [0.717, 1.165) is 27.8 Å². The quantitative estimate of drug-likeness (QED) is 0.795. The summed E-state index contributed by atoms with van der Waals surface area (Å²) in [5.74, 6) is 0.809. The van der Waals surface area contributed by atoms with Crippen LogP contribution in [0, 0.1) is 0 Å². The lowest BCUT2D eigenvalue weighted by molar-refractivity contribution is 0.309. The Morgan fingerprint density at radius 2 is 1.90 bits per heavy atom. The number of nitrogens with two attached hydrogens (primary N) is 1. The monoisotopic (exact) mass is 367 g/mol. The molecular formula is C17H19BrClNO. The van der Waals surface area contributed by atoms with Gasteiger partial charge >= 0.3 is 0 Å². The summed E-state index contributed by atoms with van der Waals surface area (Å²) in [6.07, 6.45) is 0.953. The minimum Gasteiger partial charge on any atom is -0.493 e. The molecule has 0 aromatic heterocycles. The number of ether oxygens (including phenoxy) is 1. The molecular weight excluding hydrogens is 350 g/mol. The van der Waals surface area contributed by atoms with Crippen molar-refractivity contribution in [3.05, 3.63) is 63.1 Å². The topological polar surface area (TPSA) is 35.2 Å². The SMILES string of the molecule is CCCOc1ccccc1C(C)(N)c1ccc(Br)cc1Cl. The summed E-state index contributed by atoms with van der Waals surface area (Å²) in [5, 5.41) is 0.639. The number of rotatable bonds is 5. The molecule has 0 aliphatic heterocycles. The average molecular weight is 369 g/mol. The van der Waals surface area contributed by atoms with Crippen molar-refractivity contribution in [1.29, 1.82) is 0 Å². The highest BCUT2D eigenvalue weighted by atomic mass is 79.9. The van der Waals surface area contributed by atoms with Crippen LogP contribution in [0.3, 0.4) is 0 Å². The molecule has 0 saturated carbocycles. The Morgan fingerprint density at radius 3 is 2.57 bits per heavy atom. The number of hydrogen-bond acceptors (Lipinski definition) is 2. The Balaban J connectivity index is 2.48. The van der Waals surface area contributed by atoms with Crippen molar-refractivity contribution in [3.63, 3.8) is 0 Å². The van der Waals surface area contributed by atoms with E-state index in [4.69, 9.17) is 22.1 Å². The van der Waals surface area contributed by atoms with Gasteiger partial charge in [-0.05, 0) is 37.1 Å². The summed E-state index contributed by atoms with van der Waals surface area (Å²) in [6, 6.07) is 13.6. The summed E-state index contributed by atoms with van der Waals surface area (Å²) in [5.41, 5.74) is 7.69. The van der Waals surface area contributed by atoms with E-state index < -0.39 is 5.54 Å². The largest absolute Gasteiger partial charge is 0.493 e. The van der Waals surface area contributed by atoms with E-state index in [9.17, 15) is 0 Å². The van der Waals surface area contributed by atoms with Crippen molar-refractivity contribution in [3.8, 4) is 5.75 Å². The zero-order chi connectivity index (χ0) is 15.5. The molecule has 2 aromatic rings. The van der Waals surface area contributed by atoms with Gasteiger partial charge in [0.1, 0.15) is 5.75 Å². The number of para-hydroxylation sites is 1. The third-order valence-electron chi connectivity index (χ3n) is 3.40. The highest BCUT2D eigenvalue weighted by molar-refractivity contribution is 9.10. The first-order valence-electron chi connectivity index (χ1n) is 6.93. The van der Waals surface area contributed by atoms with Gasteiger partial charge in [0.05, 0.1) is 12.1 Å². The summed E-state index contributed by atoms with van der Waals surface area (Å²) in [7, 11) is 0. The summed E-state index contributed by atoms with van der Waals surface area (Å²) in [4.78, 5) is 0. The molecule has 0 heterocycles. The molecule has 112 valence electrons. The molecule has 2 rings (SSSR count). The van der Waals surface area contributed by atoms with Gasteiger partial charge in [0.15, 0.2) is 0 Å². The second-order valence-corrected chi connectivity index (χ2v) is 6.49. The predicted octanol–water partition coefficient (Wildman–Crippen LogP) is 5.11. The molecule has 1 atom stereocenters. The zero-order valence-electron chi connectivity index (χ0n) is 12.2. The molecule has 2 nitrogen and oxygen atoms in total. The normalized spacial score (nSPS) is 13.8. The van der Waals surface area contributed by atoms with Crippen LogP contribution in [0.15, 0.2) is 46.9 Å². The molecule has 0 aliphatic rings. The smallest absolute Gasteiger partial charge is 0.124 e. The molecule has 0 radical (unpaired) electrons. The van der Waals surface area contributed by atoms with Gasteiger partial charge in [0.2, 0.25) is 0 Å². The second kappa shape index (κ2) is 6.82. The van der Waals surface area contributed by atoms with Crippen LogP contribution in [-0.2, 0) is 5.54 Å². The van der Waals surface area contributed by atoms with Gasteiger partial charge in [-0.25, -0.2) is 0 Å². The maximum absolute atomic E-state index is 6.60. The Kier molecular flexibility index (Phi) is 5.31. The lowest BCUT2D eigenvalue weighted by Gasteiger charge is -2.29. The van der Waals surface area contributed by atoms with E-state index in [1.807, 2.05) is 49.4 Å². The second-order valence-electron chi connectivity index (χ2n) is 5.17. The third kappa shape index (κ3) is 3.60. The highest BCUT2D eigenvalue weighted by Gasteiger charge is 2.29. The summed E-state index contributed by atoms with van der Waals surface area (Å²) >= 11 is 9.79. The molecule has 0 saturated heterocycles. The van der Waals surface area contributed by atoms with Crippen LogP contribution in [0.2, 0.25) is 5.02 Å². The molecule has 21 heavy (non-hydrogen) atoms. The molecule has 2 N–H and O–H groups in total. The van der Waals surface area contributed by atoms with Crippen LogP contribution in [0.4, 0.5) is 0 Å². The first-order chi connectivity index (χ1) is 9.96. The van der Waals surface area contributed by atoms with E-state index in [-0.39, 0.29) is 0 Å². The van der Waals surface area contributed by atoms with Crippen LogP contribution in [0.25, 0.3) is 0 Å². The Hall–Kier alpha value is -1.03. The van der Waals surface area contributed by atoms with Crippen molar-refractivity contribution in [2.75, 3.05) is 6.61 Å². The van der Waals surface area contributed by atoms with Crippen LogP contribution in [0.1, 0.15) is 31.4 Å². The van der Waals surface area contributed by atoms with E-state index in [1.54, 1.807) is 0 Å². The van der Waals surface area contributed by atoms with Gasteiger partial charge in [-0.1, -0.05) is 58.7 Å². The lowest BCUT2D eigenvalue weighted by Crippen LogP contribution is -2.35. The van der Waals surface area contributed by atoms with E-state index in [0.29, 0.717) is 11.6 Å². The van der Waals surface area contributed by atoms with Crippen molar-refractivity contribution in [1.82, 2.24) is 0 Å². The van der Waals surface area contributed by atoms with Gasteiger partial charge < -0.3 is 10.5 Å². The molecule has 4 heteroatoms. The van der Waals surface area contributed by atoms with E-state index in [2.05, 4.69) is 22.9 Å². The van der Waals surface area contributed by atoms with E-state index >= 15 is 0 Å². The van der Waals surface area contributed by atoms with Crippen LogP contribution in [0.5, 0.6) is 5.75 Å². The molecule has 0 fully saturated rings.